The summed E-state index contributed by atoms with van der Waals surface area (Å²) in [6, 6.07) is 0. The number of carbonyl (C=O) groups excluding carboxylic acids is 1. The van der Waals surface area contributed by atoms with E-state index in [0.717, 1.165) is 25.5 Å². The molecule has 0 N–H and O–H groups in total. The molecule has 25 heavy (non-hydrogen) atoms. The average molecular weight is 389 g/mol. The van der Waals surface area contributed by atoms with Gasteiger partial charge in [0.2, 0.25) is 0 Å². The Labute approximate surface area is 159 Å². The fourth-order valence-corrected chi connectivity index (χ4v) is 5.18. The molecular weight excluding hydrogens is 344 g/mol. The molecule has 2 atom stereocenters. The van der Waals surface area contributed by atoms with Crippen LogP contribution in [0.5, 0.6) is 0 Å². The van der Waals surface area contributed by atoms with Crippen molar-refractivity contribution >= 4 is 22.9 Å². The maximum Gasteiger partial charge on any atom is 0.192 e. The van der Waals surface area contributed by atoms with Crippen molar-refractivity contribution < 1.29 is 13.6 Å². The molecule has 150 valence electrons. The molecule has 0 saturated heterocycles. The first-order chi connectivity index (χ1) is 11.0. The van der Waals surface area contributed by atoms with E-state index in [-0.39, 0.29) is 22.3 Å². The second-order valence-corrected chi connectivity index (χ2v) is 20.0. The Morgan fingerprint density at radius 1 is 0.840 bits per heavy atom. The van der Waals surface area contributed by atoms with Gasteiger partial charge in [0.1, 0.15) is 6.29 Å². The SMILES string of the molecule is C[C@H](CCC[C@@H](CC=O)O[Si](C)(C)C(C)(C)C)O[Si](C)(C)C(C)(C)C. The van der Waals surface area contributed by atoms with Crippen molar-refractivity contribution in [3.05, 3.63) is 0 Å². The predicted octanol–water partition coefficient (Wildman–Crippen LogP) is 6.55. The Balaban J connectivity index is 4.57. The Bertz CT molecular complexity index is 406. The first-order valence-electron chi connectivity index (χ1n) is 9.83. The molecule has 0 saturated carbocycles. The van der Waals surface area contributed by atoms with Crippen LogP contribution < -0.4 is 0 Å². The molecule has 0 aromatic rings. The number of aldehydes is 1. The van der Waals surface area contributed by atoms with Gasteiger partial charge in [-0.1, -0.05) is 41.5 Å². The van der Waals surface area contributed by atoms with Crippen LogP contribution in [0.2, 0.25) is 36.3 Å². The van der Waals surface area contributed by atoms with Crippen molar-refractivity contribution in [3.8, 4) is 0 Å². The van der Waals surface area contributed by atoms with Crippen LogP contribution in [-0.2, 0) is 13.6 Å². The minimum Gasteiger partial charge on any atom is -0.414 e. The van der Waals surface area contributed by atoms with E-state index in [1.165, 1.54) is 0 Å². The minimum atomic E-state index is -1.83. The molecule has 0 aliphatic rings. The molecule has 0 bridgehead atoms. The van der Waals surface area contributed by atoms with Gasteiger partial charge in [0.15, 0.2) is 16.6 Å². The molecule has 0 aliphatic heterocycles. The van der Waals surface area contributed by atoms with Crippen molar-refractivity contribution in [3.63, 3.8) is 0 Å². The zero-order chi connectivity index (χ0) is 20.1. The molecule has 0 radical (unpaired) electrons. The summed E-state index contributed by atoms with van der Waals surface area (Å²) in [7, 11) is -3.53. The van der Waals surface area contributed by atoms with Crippen LogP contribution in [-0.4, -0.2) is 35.1 Å². The Kier molecular flexibility index (Phi) is 9.30. The van der Waals surface area contributed by atoms with E-state index in [9.17, 15) is 4.79 Å². The summed E-state index contributed by atoms with van der Waals surface area (Å²) in [5, 5.41) is 0.416. The summed E-state index contributed by atoms with van der Waals surface area (Å²) in [5.41, 5.74) is 0. The third-order valence-corrected chi connectivity index (χ3v) is 15.2. The zero-order valence-electron chi connectivity index (χ0n) is 18.8. The van der Waals surface area contributed by atoms with Crippen molar-refractivity contribution in [1.29, 1.82) is 0 Å². The van der Waals surface area contributed by atoms with Gasteiger partial charge in [-0.05, 0) is 62.5 Å². The first kappa shape index (κ1) is 25.0. The summed E-state index contributed by atoms with van der Waals surface area (Å²) in [6.07, 6.45) is 4.85. The quantitative estimate of drug-likeness (QED) is 0.314. The summed E-state index contributed by atoms with van der Waals surface area (Å²) in [5.74, 6) is 0. The molecule has 0 spiro atoms. The van der Waals surface area contributed by atoms with Crippen LogP contribution in [0.4, 0.5) is 0 Å². The van der Waals surface area contributed by atoms with Gasteiger partial charge < -0.3 is 13.6 Å². The molecule has 0 heterocycles. The van der Waals surface area contributed by atoms with Gasteiger partial charge >= 0.3 is 0 Å². The number of hydrogen-bond acceptors (Lipinski definition) is 3. The van der Waals surface area contributed by atoms with Crippen LogP contribution in [0.15, 0.2) is 0 Å². The van der Waals surface area contributed by atoms with E-state index in [1.54, 1.807) is 0 Å². The van der Waals surface area contributed by atoms with Crippen molar-refractivity contribution in [2.45, 2.75) is 123 Å². The van der Waals surface area contributed by atoms with E-state index in [4.69, 9.17) is 8.85 Å². The fourth-order valence-electron chi connectivity index (χ4n) is 2.30. The smallest absolute Gasteiger partial charge is 0.192 e. The molecule has 0 amide bonds. The molecular formula is C20H44O3Si2. The highest BCUT2D eigenvalue weighted by atomic mass is 28.4. The van der Waals surface area contributed by atoms with Crippen LogP contribution in [0.3, 0.4) is 0 Å². The van der Waals surface area contributed by atoms with Crippen molar-refractivity contribution in [1.82, 2.24) is 0 Å². The monoisotopic (exact) mass is 388 g/mol. The molecule has 5 heteroatoms. The Hall–Kier alpha value is 0.0238. The number of hydrogen-bond donors (Lipinski definition) is 0. The van der Waals surface area contributed by atoms with Crippen LogP contribution in [0, 0.1) is 0 Å². The maximum atomic E-state index is 11.1. The van der Waals surface area contributed by atoms with Gasteiger partial charge in [0.05, 0.1) is 6.10 Å². The lowest BCUT2D eigenvalue weighted by atomic mass is 10.1. The van der Waals surface area contributed by atoms with Crippen LogP contribution in [0.25, 0.3) is 0 Å². The summed E-state index contributed by atoms with van der Waals surface area (Å²) < 4.78 is 12.9. The third-order valence-electron chi connectivity index (χ3n) is 6.07. The second kappa shape index (κ2) is 9.29. The predicted molar refractivity (Wildman–Crippen MR) is 114 cm³/mol. The van der Waals surface area contributed by atoms with Crippen molar-refractivity contribution in [2.24, 2.45) is 0 Å². The first-order valence-corrected chi connectivity index (χ1v) is 15.6. The molecule has 0 aromatic carbocycles. The molecule has 0 aliphatic carbocycles. The lowest BCUT2D eigenvalue weighted by Gasteiger charge is -2.39. The summed E-state index contributed by atoms with van der Waals surface area (Å²) in [6.45, 7) is 24.9. The Morgan fingerprint density at radius 3 is 1.68 bits per heavy atom. The third kappa shape index (κ3) is 8.50. The summed E-state index contributed by atoms with van der Waals surface area (Å²) >= 11 is 0. The van der Waals surface area contributed by atoms with Crippen LogP contribution in [0.1, 0.15) is 74.1 Å². The molecule has 0 fully saturated rings. The van der Waals surface area contributed by atoms with Gasteiger partial charge in [0.25, 0.3) is 0 Å². The minimum absolute atomic E-state index is 0.0541. The van der Waals surface area contributed by atoms with E-state index in [1.807, 2.05) is 0 Å². The van der Waals surface area contributed by atoms with Gasteiger partial charge in [-0.3, -0.25) is 0 Å². The van der Waals surface area contributed by atoms with E-state index in [0.29, 0.717) is 6.42 Å². The lowest BCUT2D eigenvalue weighted by Crippen LogP contribution is -2.44. The van der Waals surface area contributed by atoms with Gasteiger partial charge in [-0.25, -0.2) is 0 Å². The fraction of sp³-hybridized carbons (Fsp3) is 0.950. The molecule has 0 aromatic heterocycles. The largest absolute Gasteiger partial charge is 0.414 e. The van der Waals surface area contributed by atoms with Crippen LogP contribution >= 0.6 is 0 Å². The van der Waals surface area contributed by atoms with E-state index in [2.05, 4.69) is 74.7 Å². The molecule has 0 unspecified atom stereocenters. The normalized spacial score (nSPS) is 16.6. The van der Waals surface area contributed by atoms with Crippen molar-refractivity contribution in [2.75, 3.05) is 0 Å². The second-order valence-electron chi connectivity index (χ2n) is 10.5. The van der Waals surface area contributed by atoms with E-state index >= 15 is 0 Å². The zero-order valence-corrected chi connectivity index (χ0v) is 20.8. The standard InChI is InChI=1S/C20H44O3Si2/c1-17(22-24(8,9)19(2,3)4)13-12-14-18(15-16-21)23-25(10,11)20(5,6)7/h16-18H,12-15H2,1-11H3/t17-,18+/m1/s1. The number of rotatable bonds is 10. The lowest BCUT2D eigenvalue weighted by molar-refractivity contribution is -0.109. The highest BCUT2D eigenvalue weighted by Crippen LogP contribution is 2.39. The highest BCUT2D eigenvalue weighted by molar-refractivity contribution is 6.74. The van der Waals surface area contributed by atoms with Gasteiger partial charge in [0, 0.05) is 12.5 Å². The topological polar surface area (TPSA) is 35.5 Å². The molecule has 0 rings (SSSR count). The highest BCUT2D eigenvalue weighted by Gasteiger charge is 2.39. The van der Waals surface area contributed by atoms with Gasteiger partial charge in [-0.2, -0.15) is 0 Å². The average Bonchev–Trinajstić information content (AvgIpc) is 2.34. The number of carbonyl (C=O) groups is 1. The van der Waals surface area contributed by atoms with E-state index < -0.39 is 16.6 Å². The molecule has 3 nitrogen and oxygen atoms in total. The summed E-state index contributed by atoms with van der Waals surface area (Å²) in [4.78, 5) is 11.1. The Morgan fingerprint density at radius 2 is 1.28 bits per heavy atom. The maximum absolute atomic E-state index is 11.1. The van der Waals surface area contributed by atoms with Gasteiger partial charge in [-0.15, -0.1) is 0 Å².